The molecule has 5 aromatic rings. The Balaban J connectivity index is 1.76. The molecule has 0 radical (unpaired) electrons. The summed E-state index contributed by atoms with van der Waals surface area (Å²) in [4.78, 5) is 8.14. The third-order valence-corrected chi connectivity index (χ3v) is 7.77. The van der Waals surface area contributed by atoms with Crippen LogP contribution in [-0.2, 0) is 16.0 Å². The molecule has 15 heteroatoms. The number of aryl methyl sites for hydroxylation is 2. The van der Waals surface area contributed by atoms with Crippen LogP contribution in [0.4, 0.5) is 26.3 Å². The van der Waals surface area contributed by atoms with Gasteiger partial charge in [0.1, 0.15) is 23.0 Å². The van der Waals surface area contributed by atoms with E-state index in [0.717, 1.165) is 24.6 Å². The first-order chi connectivity index (χ1) is 20.9. The van der Waals surface area contributed by atoms with Crippen LogP contribution in [0.1, 0.15) is 17.4 Å². The Hall–Kier alpha value is -4.79. The molecule has 0 amide bonds. The average Bonchev–Trinajstić information content (AvgIpc) is 3.54. The van der Waals surface area contributed by atoms with Crippen molar-refractivity contribution in [1.82, 2.24) is 14.5 Å². The molecular weight excluding hydrogens is 628 g/mol. The number of imidazole rings is 1. The van der Waals surface area contributed by atoms with E-state index in [0.29, 0.717) is 11.1 Å². The number of methoxy groups -OCH3 is 1. The van der Waals surface area contributed by atoms with E-state index in [1.807, 2.05) is 0 Å². The van der Waals surface area contributed by atoms with Crippen LogP contribution in [0.5, 0.6) is 11.5 Å². The summed E-state index contributed by atoms with van der Waals surface area (Å²) in [5, 5.41) is 0. The van der Waals surface area contributed by atoms with E-state index in [-0.39, 0.29) is 50.6 Å². The van der Waals surface area contributed by atoms with Crippen molar-refractivity contribution in [3.05, 3.63) is 84.3 Å². The summed E-state index contributed by atoms with van der Waals surface area (Å²) in [6.45, 7) is 2.90. The maximum atomic E-state index is 13.6. The number of aromatic nitrogens is 3. The molecule has 0 saturated heterocycles. The predicted molar refractivity (Wildman–Crippen MR) is 151 cm³/mol. The highest BCUT2D eigenvalue weighted by Crippen LogP contribution is 2.43. The second-order valence-electron chi connectivity index (χ2n) is 9.89. The van der Waals surface area contributed by atoms with Crippen molar-refractivity contribution in [2.45, 2.75) is 31.3 Å². The average molecular weight is 652 g/mol. The van der Waals surface area contributed by atoms with E-state index in [2.05, 4.69) is 14.7 Å². The minimum Gasteiger partial charge on any atom is -0.496 e. The van der Waals surface area contributed by atoms with Crippen molar-refractivity contribution < 1.29 is 48.7 Å². The van der Waals surface area contributed by atoms with Gasteiger partial charge in [-0.3, -0.25) is 0 Å². The van der Waals surface area contributed by atoms with Crippen LogP contribution in [0.2, 0.25) is 0 Å². The Bertz CT molecular complexity index is 2010. The molecule has 0 aliphatic rings. The first kappa shape index (κ1) is 31.6. The van der Waals surface area contributed by atoms with Crippen LogP contribution in [0.15, 0.2) is 76.2 Å². The number of benzene rings is 3. The highest BCUT2D eigenvalue weighted by Gasteiger charge is 2.35. The van der Waals surface area contributed by atoms with Crippen molar-refractivity contribution in [2.75, 3.05) is 13.4 Å². The Labute approximate surface area is 252 Å². The number of ether oxygens (including phenoxy) is 2. The molecule has 5 rings (SSSR count). The molecular formula is C30H23F6N3O5S. The van der Waals surface area contributed by atoms with Crippen LogP contribution in [0, 0.1) is 13.8 Å². The zero-order valence-corrected chi connectivity index (χ0v) is 24.7. The lowest BCUT2D eigenvalue weighted by Crippen LogP contribution is -2.17. The van der Waals surface area contributed by atoms with E-state index in [9.17, 15) is 34.8 Å². The third-order valence-electron chi connectivity index (χ3n) is 6.66. The second-order valence-corrected chi connectivity index (χ2v) is 11.9. The zero-order valence-electron chi connectivity index (χ0n) is 23.9. The van der Waals surface area contributed by atoms with Crippen molar-refractivity contribution in [3.8, 4) is 50.9 Å². The normalized spacial score (nSPS) is 12.4. The minimum absolute atomic E-state index is 0.000538. The Morgan fingerprint density at radius 2 is 1.58 bits per heavy atom. The van der Waals surface area contributed by atoms with Gasteiger partial charge in [-0.05, 0) is 54.4 Å². The largest absolute Gasteiger partial charge is 0.573 e. The summed E-state index contributed by atoms with van der Waals surface area (Å²) in [5.41, 5.74) is 0.563. The highest BCUT2D eigenvalue weighted by molar-refractivity contribution is 7.90. The van der Waals surface area contributed by atoms with Crippen LogP contribution < -0.4 is 9.47 Å². The Kier molecular flexibility index (Phi) is 7.93. The summed E-state index contributed by atoms with van der Waals surface area (Å²) < 4.78 is 120. The van der Waals surface area contributed by atoms with Gasteiger partial charge in [0.2, 0.25) is 0 Å². The van der Waals surface area contributed by atoms with E-state index < -0.39 is 33.8 Å². The molecule has 0 bridgehead atoms. The molecule has 0 N–H and O–H groups in total. The summed E-state index contributed by atoms with van der Waals surface area (Å²) in [5.74, 6) is -0.422. The molecule has 45 heavy (non-hydrogen) atoms. The number of rotatable bonds is 7. The van der Waals surface area contributed by atoms with Gasteiger partial charge in [0.05, 0.1) is 17.7 Å². The fraction of sp³-hybridized carbons (Fsp3) is 0.200. The van der Waals surface area contributed by atoms with Crippen molar-refractivity contribution in [1.29, 1.82) is 0 Å². The van der Waals surface area contributed by atoms with Gasteiger partial charge < -0.3 is 18.5 Å². The zero-order chi connectivity index (χ0) is 32.9. The molecule has 0 fully saturated rings. The molecule has 0 aliphatic carbocycles. The molecule has 0 spiro atoms. The van der Waals surface area contributed by atoms with Gasteiger partial charge in [-0.15, -0.1) is 13.2 Å². The smallest absolute Gasteiger partial charge is 0.496 e. The lowest BCUT2D eigenvalue weighted by Gasteiger charge is -2.15. The van der Waals surface area contributed by atoms with E-state index in [1.54, 1.807) is 24.3 Å². The topological polar surface area (TPSA) is 96.5 Å². The number of oxazole rings is 1. The van der Waals surface area contributed by atoms with Crippen molar-refractivity contribution in [3.63, 3.8) is 0 Å². The number of halogens is 6. The van der Waals surface area contributed by atoms with E-state index >= 15 is 0 Å². The number of alkyl halides is 6. The molecule has 236 valence electrons. The van der Waals surface area contributed by atoms with Crippen LogP contribution in [0.3, 0.4) is 0 Å². The molecule has 2 aromatic heterocycles. The van der Waals surface area contributed by atoms with Crippen LogP contribution in [0.25, 0.3) is 39.4 Å². The fourth-order valence-corrected chi connectivity index (χ4v) is 5.39. The Morgan fingerprint density at radius 3 is 2.20 bits per heavy atom. The molecule has 0 atom stereocenters. The molecule has 2 heterocycles. The van der Waals surface area contributed by atoms with E-state index in [4.69, 9.17) is 9.15 Å². The summed E-state index contributed by atoms with van der Waals surface area (Å²) in [6, 6.07) is 14.1. The maximum Gasteiger partial charge on any atom is 0.573 e. The fourth-order valence-electron chi connectivity index (χ4n) is 4.72. The minimum atomic E-state index is -4.95. The molecule has 0 saturated carbocycles. The standard InChI is InChI=1S/C30H23F6N3O5S/c1-16-37-26(29(31,32)33)15-39(16)24-11-8-19(18-6-5-7-21(12-18)45(4,40)41)13-23(24)28-27(38-17(2)43-28)22-10-9-20(14-25(22)42-3)44-30(34,35)36/h5-15H,1-4H3. The number of hydrogen-bond acceptors (Lipinski definition) is 7. The number of sulfone groups is 1. The van der Waals surface area contributed by atoms with Gasteiger partial charge in [-0.25, -0.2) is 18.4 Å². The maximum absolute atomic E-state index is 13.6. The molecule has 3 aromatic carbocycles. The van der Waals surface area contributed by atoms with Gasteiger partial charge in [0.25, 0.3) is 0 Å². The number of nitrogens with zero attached hydrogens (tertiary/aromatic N) is 3. The van der Waals surface area contributed by atoms with Crippen LogP contribution >= 0.6 is 0 Å². The lowest BCUT2D eigenvalue weighted by molar-refractivity contribution is -0.274. The summed E-state index contributed by atoms with van der Waals surface area (Å²) in [7, 11) is -2.33. The molecule has 0 unspecified atom stereocenters. The quantitative estimate of drug-likeness (QED) is 0.166. The molecule has 0 aliphatic heterocycles. The first-order valence-corrected chi connectivity index (χ1v) is 14.8. The SMILES string of the molecule is COc1cc(OC(F)(F)F)ccc1-c1nc(C)oc1-c1cc(-c2cccc(S(C)(=O)=O)c2)ccc1-n1cc(C(F)(F)F)nc1C. The third kappa shape index (κ3) is 6.67. The predicted octanol–water partition coefficient (Wildman–Crippen LogP) is 7.81. The van der Waals surface area contributed by atoms with Crippen LogP contribution in [-0.4, -0.2) is 42.7 Å². The van der Waals surface area contributed by atoms with Crippen molar-refractivity contribution in [2.24, 2.45) is 0 Å². The van der Waals surface area contributed by atoms with E-state index in [1.165, 1.54) is 49.8 Å². The van der Waals surface area contributed by atoms with Gasteiger partial charge in [0.15, 0.2) is 27.2 Å². The Morgan fingerprint density at radius 1 is 0.867 bits per heavy atom. The number of hydrogen-bond donors (Lipinski definition) is 0. The monoisotopic (exact) mass is 651 g/mol. The highest BCUT2D eigenvalue weighted by atomic mass is 32.2. The van der Waals surface area contributed by atoms with Gasteiger partial charge in [-0.2, -0.15) is 13.2 Å². The lowest BCUT2D eigenvalue weighted by atomic mass is 9.98. The van der Waals surface area contributed by atoms with Gasteiger partial charge in [0, 0.05) is 36.6 Å². The second kappa shape index (κ2) is 11.3. The molecule has 8 nitrogen and oxygen atoms in total. The van der Waals surface area contributed by atoms with Crippen molar-refractivity contribution >= 4 is 9.84 Å². The van der Waals surface area contributed by atoms with Gasteiger partial charge in [-0.1, -0.05) is 18.2 Å². The summed E-state index contributed by atoms with van der Waals surface area (Å²) >= 11 is 0. The summed E-state index contributed by atoms with van der Waals surface area (Å²) in [6.07, 6.45) is -7.80. The first-order valence-electron chi connectivity index (χ1n) is 12.9. The van der Waals surface area contributed by atoms with Gasteiger partial charge >= 0.3 is 12.5 Å².